The number of aliphatic hydroxyl groups is 1. The van der Waals surface area contributed by atoms with Crippen molar-refractivity contribution in [3.63, 3.8) is 0 Å². The van der Waals surface area contributed by atoms with Crippen LogP contribution in [0.2, 0.25) is 0 Å². The molecule has 2 heterocycles. The van der Waals surface area contributed by atoms with Gasteiger partial charge in [-0.3, -0.25) is 9.69 Å². The predicted octanol–water partition coefficient (Wildman–Crippen LogP) is 0.891. The van der Waals surface area contributed by atoms with Crippen molar-refractivity contribution in [2.75, 3.05) is 17.1 Å². The van der Waals surface area contributed by atoms with E-state index in [1.807, 2.05) is 4.72 Å². The predicted molar refractivity (Wildman–Crippen MR) is 84.0 cm³/mol. The lowest BCUT2D eigenvalue weighted by atomic mass is 10.3. The second-order valence-electron chi connectivity index (χ2n) is 4.57. The van der Waals surface area contributed by atoms with Crippen molar-refractivity contribution in [1.82, 2.24) is 9.62 Å². The first kappa shape index (κ1) is 14.7. The van der Waals surface area contributed by atoms with Crippen LogP contribution in [0.15, 0.2) is 41.3 Å². The smallest absolute Gasteiger partial charge is 0.330 e. The van der Waals surface area contributed by atoms with Crippen LogP contribution in [0.3, 0.4) is 0 Å². The quantitative estimate of drug-likeness (QED) is 0.832. The first-order valence-corrected chi connectivity index (χ1v) is 8.60. The molecule has 22 heavy (non-hydrogen) atoms. The van der Waals surface area contributed by atoms with Gasteiger partial charge < -0.3 is 5.11 Å². The molecule has 1 fully saturated rings. The molecule has 0 saturated carbocycles. The first-order valence-electron chi connectivity index (χ1n) is 6.18. The molecule has 2 N–H and O–H groups in total. The number of carbonyl (C=O) groups is 1. The molecular weight excluding hydrogens is 328 g/mol. The van der Waals surface area contributed by atoms with E-state index >= 15 is 0 Å². The SMILES string of the molecule is CN1C(=O)CSC1=Nc1ccc(N2C=C(O)NS2(=O)=O)cc1. The monoisotopic (exact) mass is 340 g/mol. The first-order chi connectivity index (χ1) is 10.4. The number of aliphatic hydroxyl groups excluding tert-OH is 1. The van der Waals surface area contributed by atoms with Gasteiger partial charge in [0.2, 0.25) is 11.8 Å². The van der Waals surface area contributed by atoms with E-state index in [0.717, 1.165) is 10.5 Å². The van der Waals surface area contributed by atoms with E-state index in [1.54, 1.807) is 31.3 Å². The molecule has 0 bridgehead atoms. The van der Waals surface area contributed by atoms with Crippen LogP contribution in [-0.2, 0) is 15.0 Å². The number of amides is 1. The van der Waals surface area contributed by atoms with E-state index in [4.69, 9.17) is 0 Å². The van der Waals surface area contributed by atoms with Gasteiger partial charge in [-0.05, 0) is 24.3 Å². The van der Waals surface area contributed by atoms with Gasteiger partial charge in [-0.25, -0.2) is 14.0 Å². The number of thioether (sulfide) groups is 1. The summed E-state index contributed by atoms with van der Waals surface area (Å²) in [6, 6.07) is 6.40. The Morgan fingerprint density at radius 2 is 2.00 bits per heavy atom. The number of nitrogens with zero attached hydrogens (tertiary/aromatic N) is 3. The molecule has 3 rings (SSSR count). The lowest BCUT2D eigenvalue weighted by Gasteiger charge is -2.14. The number of carbonyl (C=O) groups excluding carboxylic acids is 1. The van der Waals surface area contributed by atoms with Crippen LogP contribution in [0.5, 0.6) is 0 Å². The van der Waals surface area contributed by atoms with E-state index in [0.29, 0.717) is 22.3 Å². The van der Waals surface area contributed by atoms with Crippen molar-refractivity contribution in [2.24, 2.45) is 4.99 Å². The maximum atomic E-state index is 11.7. The molecule has 2 aliphatic heterocycles. The highest BCUT2D eigenvalue weighted by atomic mass is 32.2. The highest BCUT2D eigenvalue weighted by Gasteiger charge is 2.28. The van der Waals surface area contributed by atoms with Crippen LogP contribution in [0.25, 0.3) is 0 Å². The Morgan fingerprint density at radius 3 is 2.50 bits per heavy atom. The minimum Gasteiger partial charge on any atom is -0.493 e. The summed E-state index contributed by atoms with van der Waals surface area (Å²) in [5.41, 5.74) is 0.967. The van der Waals surface area contributed by atoms with Crippen molar-refractivity contribution in [2.45, 2.75) is 0 Å². The fourth-order valence-electron chi connectivity index (χ4n) is 1.92. The highest BCUT2D eigenvalue weighted by molar-refractivity contribution is 8.15. The number of benzene rings is 1. The third-order valence-corrected chi connectivity index (χ3v) is 5.36. The summed E-state index contributed by atoms with van der Waals surface area (Å²) in [5.74, 6) is -0.0723. The van der Waals surface area contributed by atoms with Crippen molar-refractivity contribution in [1.29, 1.82) is 0 Å². The fraction of sp³-hybridized carbons (Fsp3) is 0.167. The molecule has 1 saturated heterocycles. The third-order valence-electron chi connectivity index (χ3n) is 3.05. The molecule has 0 unspecified atom stereocenters. The molecule has 8 nitrogen and oxygen atoms in total. The normalized spacial score (nSPS) is 22.1. The summed E-state index contributed by atoms with van der Waals surface area (Å²) in [4.78, 5) is 17.2. The van der Waals surface area contributed by atoms with Gasteiger partial charge in [0, 0.05) is 7.05 Å². The highest BCUT2D eigenvalue weighted by Crippen LogP contribution is 2.27. The van der Waals surface area contributed by atoms with Crippen LogP contribution in [0, 0.1) is 0 Å². The van der Waals surface area contributed by atoms with Crippen LogP contribution < -0.4 is 9.03 Å². The average molecular weight is 340 g/mol. The second kappa shape index (κ2) is 5.21. The summed E-state index contributed by atoms with van der Waals surface area (Å²) in [6.07, 6.45) is 1.08. The molecular formula is C12H12N4O4S2. The fourth-order valence-corrected chi connectivity index (χ4v) is 3.88. The number of hydrogen-bond acceptors (Lipinski definition) is 6. The van der Waals surface area contributed by atoms with Crippen molar-refractivity contribution in [3.8, 4) is 0 Å². The Balaban J connectivity index is 1.85. The second-order valence-corrected chi connectivity index (χ2v) is 7.06. The molecule has 0 radical (unpaired) electrons. The average Bonchev–Trinajstić information content (AvgIpc) is 2.92. The van der Waals surface area contributed by atoms with Crippen LogP contribution in [0.4, 0.5) is 11.4 Å². The molecule has 1 aromatic rings. The van der Waals surface area contributed by atoms with E-state index in [9.17, 15) is 18.3 Å². The van der Waals surface area contributed by atoms with Gasteiger partial charge in [-0.2, -0.15) is 8.42 Å². The zero-order valence-corrected chi connectivity index (χ0v) is 13.1. The maximum absolute atomic E-state index is 11.7. The van der Waals surface area contributed by atoms with Gasteiger partial charge in [0.15, 0.2) is 5.17 Å². The van der Waals surface area contributed by atoms with Crippen molar-refractivity contribution < 1.29 is 18.3 Å². The number of hydrogen-bond donors (Lipinski definition) is 2. The maximum Gasteiger partial charge on any atom is 0.330 e. The number of aliphatic imine (C=N–C) groups is 1. The van der Waals surface area contributed by atoms with Gasteiger partial charge in [0.25, 0.3) is 0 Å². The standard InChI is InChI=1S/C12H12N4O4S2/c1-15-11(18)7-21-12(15)13-8-2-4-9(5-3-8)16-6-10(17)14-22(16,19)20/h2-6,14,17H,7H2,1H3. The van der Waals surface area contributed by atoms with Gasteiger partial charge >= 0.3 is 10.2 Å². The Bertz CT molecular complexity index is 786. The van der Waals surface area contributed by atoms with E-state index in [2.05, 4.69) is 4.99 Å². The Labute approximate surface area is 131 Å². The zero-order valence-electron chi connectivity index (χ0n) is 11.4. The molecule has 10 heteroatoms. The summed E-state index contributed by atoms with van der Waals surface area (Å²) < 4.78 is 26.4. The van der Waals surface area contributed by atoms with E-state index in [-0.39, 0.29) is 5.91 Å². The Hall–Kier alpha value is -2.20. The number of rotatable bonds is 2. The van der Waals surface area contributed by atoms with Gasteiger partial charge in [-0.1, -0.05) is 11.8 Å². The van der Waals surface area contributed by atoms with Gasteiger partial charge in [0.05, 0.1) is 23.3 Å². The lowest BCUT2D eigenvalue weighted by Crippen LogP contribution is -2.29. The molecule has 1 aromatic carbocycles. The minimum atomic E-state index is -3.79. The zero-order chi connectivity index (χ0) is 15.9. The Kier molecular flexibility index (Phi) is 3.49. The minimum absolute atomic E-state index is 0.00443. The number of nitrogens with one attached hydrogen (secondary N) is 1. The molecule has 1 amide bonds. The number of amidine groups is 1. The van der Waals surface area contributed by atoms with E-state index in [1.165, 1.54) is 16.7 Å². The van der Waals surface area contributed by atoms with Crippen LogP contribution >= 0.6 is 11.8 Å². The molecule has 0 spiro atoms. The molecule has 0 aromatic heterocycles. The molecule has 0 aliphatic carbocycles. The number of anilines is 1. The van der Waals surface area contributed by atoms with Crippen LogP contribution in [0.1, 0.15) is 0 Å². The summed E-state index contributed by atoms with van der Waals surface area (Å²) in [7, 11) is -2.13. The molecule has 0 atom stereocenters. The summed E-state index contributed by atoms with van der Waals surface area (Å²) in [5, 5.41) is 9.86. The molecule has 2 aliphatic rings. The van der Waals surface area contributed by atoms with Crippen LogP contribution in [-0.4, -0.2) is 42.3 Å². The Morgan fingerprint density at radius 1 is 1.32 bits per heavy atom. The lowest BCUT2D eigenvalue weighted by molar-refractivity contribution is -0.123. The van der Waals surface area contributed by atoms with Crippen molar-refractivity contribution >= 4 is 44.4 Å². The van der Waals surface area contributed by atoms with Crippen molar-refractivity contribution in [3.05, 3.63) is 36.3 Å². The summed E-state index contributed by atoms with van der Waals surface area (Å²) >= 11 is 1.35. The third kappa shape index (κ3) is 2.62. The van der Waals surface area contributed by atoms with Gasteiger partial charge in [0.1, 0.15) is 0 Å². The van der Waals surface area contributed by atoms with E-state index < -0.39 is 16.1 Å². The van der Waals surface area contributed by atoms with Gasteiger partial charge in [-0.15, -0.1) is 0 Å². The summed E-state index contributed by atoms with van der Waals surface area (Å²) in [6.45, 7) is 0. The largest absolute Gasteiger partial charge is 0.493 e. The molecule has 116 valence electrons. The topological polar surface area (TPSA) is 102 Å².